The van der Waals surface area contributed by atoms with Gasteiger partial charge < -0.3 is 9.64 Å². The number of ether oxygens (including phenoxy) is 1. The maximum atomic E-state index is 5.49. The molecule has 3 aliphatic rings. The van der Waals surface area contributed by atoms with Crippen LogP contribution in [0, 0.1) is 11.8 Å². The average molecular weight is 292 g/mol. The van der Waals surface area contributed by atoms with Crippen LogP contribution in [0.2, 0.25) is 0 Å². The van der Waals surface area contributed by atoms with E-state index in [1.165, 1.54) is 58.4 Å². The summed E-state index contributed by atoms with van der Waals surface area (Å²) in [5, 5.41) is 0. The highest BCUT2D eigenvalue weighted by Gasteiger charge is 2.28. The lowest BCUT2D eigenvalue weighted by Crippen LogP contribution is -2.52. The van der Waals surface area contributed by atoms with Gasteiger partial charge in [-0.3, -0.25) is 4.90 Å². The second-order valence-electron chi connectivity index (χ2n) is 7.29. The summed E-state index contributed by atoms with van der Waals surface area (Å²) in [4.78, 5) is 5.42. The Kier molecular flexibility index (Phi) is 5.36. The van der Waals surface area contributed by atoms with Crippen molar-refractivity contribution in [1.29, 1.82) is 0 Å². The van der Waals surface area contributed by atoms with E-state index in [1.54, 1.807) is 5.57 Å². The van der Waals surface area contributed by atoms with E-state index in [0.29, 0.717) is 0 Å². The Balaban J connectivity index is 1.47. The van der Waals surface area contributed by atoms with Gasteiger partial charge in [0.15, 0.2) is 0 Å². The lowest BCUT2D eigenvalue weighted by atomic mass is 9.79. The molecule has 3 rings (SSSR count). The highest BCUT2D eigenvalue weighted by atomic mass is 16.5. The summed E-state index contributed by atoms with van der Waals surface area (Å²) in [5.41, 5.74) is 1.64. The van der Waals surface area contributed by atoms with Crippen LogP contribution < -0.4 is 0 Å². The number of hydrogen-bond donors (Lipinski definition) is 0. The normalized spacial score (nSPS) is 33.9. The van der Waals surface area contributed by atoms with Crippen LogP contribution in [0.4, 0.5) is 0 Å². The first-order valence-corrected chi connectivity index (χ1v) is 8.95. The number of allylic oxidation sites excluding steroid dienone is 1. The summed E-state index contributed by atoms with van der Waals surface area (Å²) >= 11 is 0. The van der Waals surface area contributed by atoms with Crippen molar-refractivity contribution in [2.75, 3.05) is 45.9 Å². The monoisotopic (exact) mass is 292 g/mol. The van der Waals surface area contributed by atoms with Gasteiger partial charge in [-0.2, -0.15) is 0 Å². The van der Waals surface area contributed by atoms with Crippen molar-refractivity contribution in [3.63, 3.8) is 0 Å². The Bertz CT molecular complexity index is 354. The molecular formula is C18H32N2O. The van der Waals surface area contributed by atoms with Gasteiger partial charge in [-0.1, -0.05) is 18.6 Å². The zero-order valence-corrected chi connectivity index (χ0v) is 13.9. The van der Waals surface area contributed by atoms with E-state index in [9.17, 15) is 0 Å². The number of nitrogens with zero attached hydrogens (tertiary/aromatic N) is 2. The quantitative estimate of drug-likeness (QED) is 0.744. The fourth-order valence-corrected chi connectivity index (χ4v) is 4.34. The summed E-state index contributed by atoms with van der Waals surface area (Å²) in [7, 11) is 0. The van der Waals surface area contributed by atoms with Gasteiger partial charge in [-0.05, 0) is 44.4 Å². The standard InChI is InChI=1S/C18H32N2O/c1-15-4-3-5-16(2)18(15)14-19-8-10-20(11-9-19)17-6-12-21-13-7-17/h4,16-18H,3,5-14H2,1-2H3/t16-,18+/m0/s1. The van der Waals surface area contributed by atoms with Gasteiger partial charge >= 0.3 is 0 Å². The molecule has 0 amide bonds. The summed E-state index contributed by atoms with van der Waals surface area (Å²) in [6.45, 7) is 13.0. The predicted octanol–water partition coefficient (Wildman–Crippen LogP) is 2.78. The van der Waals surface area contributed by atoms with Crippen molar-refractivity contribution >= 4 is 0 Å². The van der Waals surface area contributed by atoms with Crippen LogP contribution in [-0.2, 0) is 4.74 Å². The molecule has 2 heterocycles. The molecule has 0 unspecified atom stereocenters. The molecule has 0 radical (unpaired) electrons. The fraction of sp³-hybridized carbons (Fsp3) is 0.889. The van der Waals surface area contributed by atoms with Gasteiger partial charge in [0.1, 0.15) is 0 Å². The molecule has 0 saturated carbocycles. The first-order chi connectivity index (χ1) is 10.2. The van der Waals surface area contributed by atoms with Gasteiger partial charge in [0.2, 0.25) is 0 Å². The molecule has 2 atom stereocenters. The molecule has 0 bridgehead atoms. The Hall–Kier alpha value is -0.380. The van der Waals surface area contributed by atoms with Crippen LogP contribution in [0.15, 0.2) is 11.6 Å². The molecule has 120 valence electrons. The largest absolute Gasteiger partial charge is 0.381 e. The van der Waals surface area contributed by atoms with Crippen molar-refractivity contribution in [1.82, 2.24) is 9.80 Å². The van der Waals surface area contributed by atoms with Gasteiger partial charge in [0, 0.05) is 52.0 Å². The first-order valence-electron chi connectivity index (χ1n) is 8.95. The highest BCUT2D eigenvalue weighted by Crippen LogP contribution is 2.31. The summed E-state index contributed by atoms with van der Waals surface area (Å²) in [5.74, 6) is 1.66. The fourth-order valence-electron chi connectivity index (χ4n) is 4.34. The van der Waals surface area contributed by atoms with E-state index in [0.717, 1.165) is 31.1 Å². The minimum Gasteiger partial charge on any atom is -0.381 e. The predicted molar refractivity (Wildman–Crippen MR) is 87.5 cm³/mol. The average Bonchev–Trinajstić information content (AvgIpc) is 2.53. The minimum atomic E-state index is 0.788. The maximum Gasteiger partial charge on any atom is 0.0480 e. The molecule has 3 heteroatoms. The van der Waals surface area contributed by atoms with Crippen molar-refractivity contribution in [3.8, 4) is 0 Å². The van der Waals surface area contributed by atoms with Crippen LogP contribution in [0.3, 0.4) is 0 Å². The van der Waals surface area contributed by atoms with E-state index in [1.807, 2.05) is 0 Å². The Morgan fingerprint density at radius 1 is 1.10 bits per heavy atom. The molecule has 1 aliphatic carbocycles. The molecular weight excluding hydrogens is 260 g/mol. The minimum absolute atomic E-state index is 0.788. The van der Waals surface area contributed by atoms with Gasteiger partial charge in [0.25, 0.3) is 0 Å². The third-order valence-electron chi connectivity index (χ3n) is 5.93. The lowest BCUT2D eigenvalue weighted by Gasteiger charge is -2.42. The van der Waals surface area contributed by atoms with E-state index in [2.05, 4.69) is 29.7 Å². The summed E-state index contributed by atoms with van der Waals surface area (Å²) in [6, 6.07) is 0.788. The molecule has 2 fully saturated rings. The van der Waals surface area contributed by atoms with Crippen molar-refractivity contribution in [2.24, 2.45) is 11.8 Å². The molecule has 2 aliphatic heterocycles. The zero-order valence-electron chi connectivity index (χ0n) is 13.9. The van der Waals surface area contributed by atoms with Crippen molar-refractivity contribution in [2.45, 2.75) is 45.6 Å². The molecule has 2 saturated heterocycles. The Morgan fingerprint density at radius 2 is 1.81 bits per heavy atom. The maximum absolute atomic E-state index is 5.49. The lowest BCUT2D eigenvalue weighted by molar-refractivity contribution is 0.0110. The first kappa shape index (κ1) is 15.5. The smallest absolute Gasteiger partial charge is 0.0480 e. The molecule has 0 aromatic carbocycles. The number of piperazine rings is 1. The van der Waals surface area contributed by atoms with Crippen LogP contribution in [0.25, 0.3) is 0 Å². The Morgan fingerprint density at radius 3 is 2.48 bits per heavy atom. The topological polar surface area (TPSA) is 15.7 Å². The summed E-state index contributed by atoms with van der Waals surface area (Å²) in [6.07, 6.45) is 7.62. The zero-order chi connectivity index (χ0) is 14.7. The highest BCUT2D eigenvalue weighted by molar-refractivity contribution is 5.09. The van der Waals surface area contributed by atoms with Crippen LogP contribution in [0.1, 0.15) is 39.5 Å². The van der Waals surface area contributed by atoms with Crippen molar-refractivity contribution in [3.05, 3.63) is 11.6 Å². The van der Waals surface area contributed by atoms with E-state index in [-0.39, 0.29) is 0 Å². The molecule has 0 spiro atoms. The molecule has 21 heavy (non-hydrogen) atoms. The van der Waals surface area contributed by atoms with Crippen LogP contribution in [-0.4, -0.2) is 61.8 Å². The van der Waals surface area contributed by atoms with Gasteiger partial charge in [-0.25, -0.2) is 0 Å². The van der Waals surface area contributed by atoms with Crippen LogP contribution in [0.5, 0.6) is 0 Å². The molecule has 3 nitrogen and oxygen atoms in total. The number of hydrogen-bond acceptors (Lipinski definition) is 3. The third kappa shape index (κ3) is 3.88. The van der Waals surface area contributed by atoms with Crippen LogP contribution >= 0.6 is 0 Å². The SMILES string of the molecule is CC1=CCC[C@H](C)[C@@H]1CN1CCN(C2CCOCC2)CC1. The molecule has 0 aromatic heterocycles. The van der Waals surface area contributed by atoms with E-state index in [4.69, 9.17) is 4.74 Å². The number of rotatable bonds is 3. The van der Waals surface area contributed by atoms with E-state index < -0.39 is 0 Å². The Labute approximate surface area is 130 Å². The van der Waals surface area contributed by atoms with Gasteiger partial charge in [-0.15, -0.1) is 0 Å². The van der Waals surface area contributed by atoms with Crippen molar-refractivity contribution < 1.29 is 4.74 Å². The second kappa shape index (κ2) is 7.26. The second-order valence-corrected chi connectivity index (χ2v) is 7.29. The third-order valence-corrected chi connectivity index (χ3v) is 5.93. The summed E-state index contributed by atoms with van der Waals surface area (Å²) < 4.78 is 5.49. The molecule has 0 aromatic rings. The van der Waals surface area contributed by atoms with E-state index >= 15 is 0 Å². The van der Waals surface area contributed by atoms with Gasteiger partial charge in [0.05, 0.1) is 0 Å². The molecule has 0 N–H and O–H groups in total.